The Morgan fingerprint density at radius 2 is 2.00 bits per heavy atom. The summed E-state index contributed by atoms with van der Waals surface area (Å²) in [6.45, 7) is 0.939. The first-order chi connectivity index (χ1) is 14.6. The topological polar surface area (TPSA) is 95.3 Å². The third kappa shape index (κ3) is 2.71. The standard InChI is InChI=1S/C20H23ClN6O2S/c21-13-6-22-17(23-7-13)15-5-14-4-12(15)9-26(14)19-24-8-16-18(25-19)27(11-30(16)29)20(10-28)2-1-3-20/h6-8,12,14-15,28H,1-5,9-11H2/t12?,14?,15?,30-/m1/s1. The number of fused-ring (bicyclic) bond motifs is 3. The van der Waals surface area contributed by atoms with Gasteiger partial charge in [0.15, 0.2) is 5.82 Å². The fourth-order valence-corrected chi connectivity index (χ4v) is 6.98. The van der Waals surface area contributed by atoms with Crippen LogP contribution in [-0.2, 0) is 10.8 Å². The highest BCUT2D eigenvalue weighted by Gasteiger charge is 2.49. The van der Waals surface area contributed by atoms with Crippen LogP contribution in [0.25, 0.3) is 0 Å². The lowest BCUT2D eigenvalue weighted by Crippen LogP contribution is -2.56. The number of aliphatic hydroxyl groups excluding tert-OH is 1. The maximum Gasteiger partial charge on any atom is 0.227 e. The molecule has 2 aliphatic carbocycles. The Morgan fingerprint density at radius 3 is 2.63 bits per heavy atom. The minimum atomic E-state index is -1.14. The minimum Gasteiger partial charge on any atom is -0.394 e. The smallest absolute Gasteiger partial charge is 0.227 e. The molecule has 3 unspecified atom stereocenters. The van der Waals surface area contributed by atoms with Crippen LogP contribution in [0.2, 0.25) is 5.02 Å². The van der Waals surface area contributed by atoms with Crippen molar-refractivity contribution in [2.45, 2.75) is 54.5 Å². The Morgan fingerprint density at radius 1 is 1.20 bits per heavy atom. The Labute approximate surface area is 182 Å². The van der Waals surface area contributed by atoms with Gasteiger partial charge >= 0.3 is 0 Å². The number of aromatic nitrogens is 4. The lowest BCUT2D eigenvalue weighted by atomic mass is 9.76. The van der Waals surface area contributed by atoms with E-state index in [0.717, 1.165) is 50.3 Å². The van der Waals surface area contributed by atoms with Gasteiger partial charge in [0.25, 0.3) is 0 Å². The highest BCUT2D eigenvalue weighted by Crippen LogP contribution is 2.49. The fraction of sp³-hybridized carbons (Fsp3) is 0.600. The second-order valence-electron chi connectivity index (χ2n) is 8.90. The Hall–Kier alpha value is -1.84. The molecule has 1 saturated heterocycles. The van der Waals surface area contributed by atoms with Gasteiger partial charge in [0.2, 0.25) is 5.95 Å². The van der Waals surface area contributed by atoms with Crippen LogP contribution < -0.4 is 9.80 Å². The molecule has 0 radical (unpaired) electrons. The van der Waals surface area contributed by atoms with Gasteiger partial charge in [-0.25, -0.2) is 15.0 Å². The Bertz CT molecular complexity index is 1010. The first-order valence-electron chi connectivity index (χ1n) is 10.5. The molecule has 2 saturated carbocycles. The lowest BCUT2D eigenvalue weighted by Gasteiger charge is -2.47. The zero-order chi connectivity index (χ0) is 20.5. The molecule has 4 aliphatic rings. The zero-order valence-corrected chi connectivity index (χ0v) is 18.0. The largest absolute Gasteiger partial charge is 0.394 e. The van der Waals surface area contributed by atoms with Crippen molar-refractivity contribution in [1.29, 1.82) is 0 Å². The van der Waals surface area contributed by atoms with Gasteiger partial charge in [0.1, 0.15) is 16.6 Å². The molecule has 2 aromatic heterocycles. The van der Waals surface area contributed by atoms with E-state index in [0.29, 0.717) is 39.6 Å². The number of piperidine rings is 1. The van der Waals surface area contributed by atoms with Crippen molar-refractivity contribution in [3.63, 3.8) is 0 Å². The van der Waals surface area contributed by atoms with Gasteiger partial charge in [-0.05, 0) is 38.0 Å². The summed E-state index contributed by atoms with van der Waals surface area (Å²) in [5.74, 6) is 3.53. The van der Waals surface area contributed by atoms with Gasteiger partial charge in [-0.15, -0.1) is 0 Å². The van der Waals surface area contributed by atoms with Crippen molar-refractivity contribution < 1.29 is 9.32 Å². The summed E-state index contributed by atoms with van der Waals surface area (Å²) in [6.07, 6.45) is 10.0. The zero-order valence-electron chi connectivity index (χ0n) is 16.4. The second-order valence-corrected chi connectivity index (χ2v) is 10.7. The highest BCUT2D eigenvalue weighted by atomic mass is 35.5. The van der Waals surface area contributed by atoms with Gasteiger partial charge in [-0.1, -0.05) is 11.6 Å². The number of nitrogens with zero attached hydrogens (tertiary/aromatic N) is 6. The quantitative estimate of drug-likeness (QED) is 0.762. The number of hydrogen-bond donors (Lipinski definition) is 1. The van der Waals surface area contributed by atoms with Crippen LogP contribution in [0.5, 0.6) is 0 Å². The highest BCUT2D eigenvalue weighted by molar-refractivity contribution is 7.85. The Kier molecular flexibility index (Phi) is 4.30. The van der Waals surface area contributed by atoms with Gasteiger partial charge in [0.05, 0.1) is 34.2 Å². The summed E-state index contributed by atoms with van der Waals surface area (Å²) < 4.78 is 12.6. The van der Waals surface area contributed by atoms with Crippen LogP contribution in [0.3, 0.4) is 0 Å². The van der Waals surface area contributed by atoms with Gasteiger partial charge in [-0.2, -0.15) is 4.98 Å². The summed E-state index contributed by atoms with van der Waals surface area (Å²) in [5.41, 5.74) is -0.312. The van der Waals surface area contributed by atoms with Crippen LogP contribution in [0, 0.1) is 5.92 Å². The van der Waals surface area contributed by atoms with E-state index in [1.165, 1.54) is 0 Å². The van der Waals surface area contributed by atoms with Gasteiger partial charge < -0.3 is 14.9 Å². The molecule has 4 heterocycles. The molecule has 8 nitrogen and oxygen atoms in total. The summed E-state index contributed by atoms with van der Waals surface area (Å²) in [7, 11) is -1.14. The number of aliphatic hydroxyl groups is 1. The number of hydrogen-bond acceptors (Lipinski definition) is 8. The van der Waals surface area contributed by atoms with E-state index in [1.807, 2.05) is 0 Å². The molecule has 158 valence electrons. The van der Waals surface area contributed by atoms with E-state index in [2.05, 4.69) is 24.8 Å². The molecule has 2 aromatic rings. The molecule has 4 atom stereocenters. The summed E-state index contributed by atoms with van der Waals surface area (Å²) in [5, 5.41) is 10.6. The van der Waals surface area contributed by atoms with E-state index in [9.17, 15) is 9.32 Å². The molecular formula is C20H23ClN6O2S. The van der Waals surface area contributed by atoms with E-state index in [1.54, 1.807) is 18.6 Å². The number of rotatable bonds is 4. The number of halogens is 1. The third-order valence-electron chi connectivity index (χ3n) is 7.39. The average molecular weight is 447 g/mol. The Balaban J connectivity index is 1.26. The first kappa shape index (κ1) is 18.9. The van der Waals surface area contributed by atoms with Crippen LogP contribution in [0.1, 0.15) is 43.8 Å². The van der Waals surface area contributed by atoms with Crippen molar-refractivity contribution in [3.05, 3.63) is 29.4 Å². The van der Waals surface area contributed by atoms with Crippen molar-refractivity contribution in [3.8, 4) is 0 Å². The molecule has 1 N–H and O–H groups in total. The minimum absolute atomic E-state index is 0.0696. The molecule has 0 amide bonds. The van der Waals surface area contributed by atoms with Crippen LogP contribution in [0.4, 0.5) is 11.8 Å². The van der Waals surface area contributed by atoms with Crippen molar-refractivity contribution in [2.75, 3.05) is 28.8 Å². The molecule has 2 bridgehead atoms. The molecule has 0 spiro atoms. The molecule has 3 fully saturated rings. The lowest BCUT2D eigenvalue weighted by molar-refractivity contribution is 0.119. The van der Waals surface area contributed by atoms with Gasteiger partial charge in [-0.3, -0.25) is 4.21 Å². The maximum atomic E-state index is 12.6. The fourth-order valence-electron chi connectivity index (χ4n) is 5.58. The molecule has 30 heavy (non-hydrogen) atoms. The SMILES string of the molecule is O=[S@@]1CN(C2(CO)CCC2)c2nc(N3CC4CC3CC4c3ncc(Cl)cn3)ncc21. The summed E-state index contributed by atoms with van der Waals surface area (Å²) >= 11 is 5.94. The molecule has 6 rings (SSSR count). The van der Waals surface area contributed by atoms with Crippen LogP contribution >= 0.6 is 11.6 Å². The van der Waals surface area contributed by atoms with Crippen molar-refractivity contribution in [2.24, 2.45) is 5.92 Å². The molecule has 10 heteroatoms. The molecular weight excluding hydrogens is 424 g/mol. The summed E-state index contributed by atoms with van der Waals surface area (Å²) in [6, 6.07) is 0.355. The maximum absolute atomic E-state index is 12.6. The van der Waals surface area contributed by atoms with Crippen LogP contribution in [-0.4, -0.2) is 59.9 Å². The predicted molar refractivity (Wildman–Crippen MR) is 113 cm³/mol. The third-order valence-corrected chi connectivity index (χ3v) is 8.86. The first-order valence-corrected chi connectivity index (χ1v) is 12.2. The van der Waals surface area contributed by atoms with Crippen LogP contribution in [0.15, 0.2) is 23.5 Å². The molecule has 0 aromatic carbocycles. The summed E-state index contributed by atoms with van der Waals surface area (Å²) in [4.78, 5) is 23.4. The van der Waals surface area contributed by atoms with Gasteiger partial charge in [0, 0.05) is 30.9 Å². The monoisotopic (exact) mass is 446 g/mol. The van der Waals surface area contributed by atoms with Crippen molar-refractivity contribution >= 4 is 34.2 Å². The number of anilines is 2. The molecule has 2 aliphatic heterocycles. The van der Waals surface area contributed by atoms with E-state index < -0.39 is 10.8 Å². The predicted octanol–water partition coefficient (Wildman–Crippen LogP) is 2.10. The van der Waals surface area contributed by atoms with Crippen molar-refractivity contribution in [1.82, 2.24) is 19.9 Å². The van der Waals surface area contributed by atoms with E-state index >= 15 is 0 Å². The normalized spacial score (nSPS) is 31.1. The van der Waals surface area contributed by atoms with E-state index in [4.69, 9.17) is 16.6 Å². The average Bonchev–Trinajstić information content (AvgIpc) is 3.42. The second kappa shape index (κ2) is 6.83. The van der Waals surface area contributed by atoms with E-state index in [-0.39, 0.29) is 12.1 Å².